The third-order valence-corrected chi connectivity index (χ3v) is 7.17. The molecule has 0 aromatic heterocycles. The first-order valence-electron chi connectivity index (χ1n) is 12.2. The lowest BCUT2D eigenvalue weighted by Crippen LogP contribution is -2.48. The van der Waals surface area contributed by atoms with Crippen LogP contribution in [-0.2, 0) is 12.1 Å². The number of alkyl halides is 1. The highest BCUT2D eigenvalue weighted by molar-refractivity contribution is 6.30. The molecule has 1 saturated heterocycles. The maximum Gasteiger partial charge on any atom is 0.179 e. The zero-order chi connectivity index (χ0) is 25.5. The zero-order valence-corrected chi connectivity index (χ0v) is 21.1. The Morgan fingerprint density at radius 3 is 2.31 bits per heavy atom. The number of carbonyl (C=O) groups is 1. The van der Waals surface area contributed by atoms with Crippen LogP contribution in [0.5, 0.6) is 5.75 Å². The second-order valence-electron chi connectivity index (χ2n) is 9.26. The van der Waals surface area contributed by atoms with Crippen LogP contribution in [0.4, 0.5) is 4.39 Å². The van der Waals surface area contributed by atoms with E-state index in [1.54, 1.807) is 36.3 Å². The van der Waals surface area contributed by atoms with Crippen molar-refractivity contribution in [3.63, 3.8) is 0 Å². The molecule has 0 saturated carbocycles. The highest BCUT2D eigenvalue weighted by atomic mass is 35.5. The Labute approximate surface area is 216 Å². The molecule has 7 heteroatoms. The second kappa shape index (κ2) is 12.0. The third kappa shape index (κ3) is 6.51. The Morgan fingerprint density at radius 2 is 1.69 bits per heavy atom. The van der Waals surface area contributed by atoms with Crippen molar-refractivity contribution in [1.82, 2.24) is 10.2 Å². The Bertz CT molecular complexity index is 1120. The number of Topliss-reactive ketones (excluding diaryl/α,β-unsaturated/α-hetero) is 1. The number of nitrogens with zero attached hydrogens (tertiary/aromatic N) is 1. The van der Waals surface area contributed by atoms with Gasteiger partial charge in [0.25, 0.3) is 0 Å². The zero-order valence-electron chi connectivity index (χ0n) is 20.4. The summed E-state index contributed by atoms with van der Waals surface area (Å²) < 4.78 is 20.8. The van der Waals surface area contributed by atoms with E-state index >= 15 is 4.39 Å². The van der Waals surface area contributed by atoms with E-state index in [-0.39, 0.29) is 12.2 Å². The van der Waals surface area contributed by atoms with E-state index in [0.29, 0.717) is 43.1 Å². The normalized spacial score (nSPS) is 17.3. The van der Waals surface area contributed by atoms with Crippen LogP contribution in [0.3, 0.4) is 0 Å². The highest BCUT2D eigenvalue weighted by Crippen LogP contribution is 2.34. The maximum absolute atomic E-state index is 15.6. The molecule has 4 rings (SSSR count). The van der Waals surface area contributed by atoms with Crippen LogP contribution in [-0.4, -0.2) is 48.3 Å². The van der Waals surface area contributed by atoms with Crippen molar-refractivity contribution in [1.29, 1.82) is 0 Å². The Balaban J connectivity index is 1.41. The monoisotopic (exact) mass is 510 g/mol. The first kappa shape index (κ1) is 26.3. The van der Waals surface area contributed by atoms with Gasteiger partial charge in [-0.05, 0) is 48.2 Å². The summed E-state index contributed by atoms with van der Waals surface area (Å²) in [6, 6.07) is 23.0. The number of carbonyl (C=O) groups excluding carboxylic acids is 1. The van der Waals surface area contributed by atoms with Crippen LogP contribution in [0.2, 0.25) is 5.02 Å². The second-order valence-corrected chi connectivity index (χ2v) is 9.69. The van der Waals surface area contributed by atoms with E-state index in [1.807, 2.05) is 54.6 Å². The number of benzene rings is 3. The molecule has 190 valence electrons. The van der Waals surface area contributed by atoms with Crippen LogP contribution in [0.25, 0.3) is 0 Å². The molecule has 36 heavy (non-hydrogen) atoms. The fraction of sp³-hybridized carbons (Fsp3) is 0.345. The van der Waals surface area contributed by atoms with E-state index in [0.717, 1.165) is 16.9 Å². The SMILES string of the molecule is COc1ccc(CNC(CC(F)N2CCC(O)(c3ccc(Cl)cc3)CC2)C(=O)c2ccccc2)cc1. The molecule has 2 atom stereocenters. The fourth-order valence-corrected chi connectivity index (χ4v) is 4.76. The molecule has 0 radical (unpaired) electrons. The van der Waals surface area contributed by atoms with E-state index in [1.165, 1.54) is 0 Å². The minimum absolute atomic E-state index is 0.0171. The number of methoxy groups -OCH3 is 1. The molecule has 1 heterocycles. The van der Waals surface area contributed by atoms with Gasteiger partial charge in [0.15, 0.2) is 12.1 Å². The summed E-state index contributed by atoms with van der Waals surface area (Å²) in [4.78, 5) is 15.0. The van der Waals surface area contributed by atoms with E-state index in [2.05, 4.69) is 5.32 Å². The molecular weight excluding hydrogens is 479 g/mol. The third-order valence-electron chi connectivity index (χ3n) is 6.92. The van der Waals surface area contributed by atoms with Gasteiger partial charge >= 0.3 is 0 Å². The molecule has 3 aromatic rings. The smallest absolute Gasteiger partial charge is 0.179 e. The average molecular weight is 511 g/mol. The minimum atomic E-state index is -1.32. The van der Waals surface area contributed by atoms with Crippen LogP contribution >= 0.6 is 11.6 Å². The topological polar surface area (TPSA) is 61.8 Å². The largest absolute Gasteiger partial charge is 0.497 e. The number of ether oxygens (including phenoxy) is 1. The number of ketones is 1. The number of nitrogens with one attached hydrogen (secondary N) is 1. The molecule has 0 spiro atoms. The lowest BCUT2D eigenvalue weighted by molar-refractivity contribution is -0.0569. The van der Waals surface area contributed by atoms with E-state index in [9.17, 15) is 9.90 Å². The van der Waals surface area contributed by atoms with Crippen LogP contribution in [0.1, 0.15) is 40.7 Å². The molecule has 0 bridgehead atoms. The van der Waals surface area contributed by atoms with Crippen molar-refractivity contribution in [3.8, 4) is 5.75 Å². The lowest BCUT2D eigenvalue weighted by Gasteiger charge is -2.40. The number of hydrogen-bond acceptors (Lipinski definition) is 5. The summed E-state index contributed by atoms with van der Waals surface area (Å²) in [6.45, 7) is 1.21. The van der Waals surface area contributed by atoms with Gasteiger partial charge in [-0.3, -0.25) is 9.69 Å². The summed E-state index contributed by atoms with van der Waals surface area (Å²) in [7, 11) is 1.61. The molecular formula is C29H32ClFN2O3. The summed E-state index contributed by atoms with van der Waals surface area (Å²) in [5, 5.41) is 15.0. The summed E-state index contributed by atoms with van der Waals surface area (Å²) in [6.07, 6.45) is -0.485. The standard InChI is InChI=1S/C29H32ClFN2O3/c1-36-25-13-7-21(8-14-25)20-32-26(28(34)22-5-3-2-4-6-22)19-27(31)33-17-15-29(35,16-18-33)23-9-11-24(30)12-10-23/h2-14,26-27,32,35H,15-20H2,1H3. The van der Waals surface area contributed by atoms with E-state index in [4.69, 9.17) is 16.3 Å². The van der Waals surface area contributed by atoms with Gasteiger partial charge < -0.3 is 15.2 Å². The molecule has 1 aliphatic heterocycles. The van der Waals surface area contributed by atoms with Gasteiger partial charge in [-0.1, -0.05) is 66.2 Å². The number of piperidine rings is 1. The van der Waals surface area contributed by atoms with Gasteiger partial charge in [0.2, 0.25) is 0 Å². The fourth-order valence-electron chi connectivity index (χ4n) is 4.64. The molecule has 2 N–H and O–H groups in total. The molecule has 0 amide bonds. The Hall–Kier alpha value is -2.77. The van der Waals surface area contributed by atoms with Crippen LogP contribution < -0.4 is 10.1 Å². The van der Waals surface area contributed by atoms with Crippen molar-refractivity contribution in [2.45, 2.75) is 43.7 Å². The molecule has 1 aliphatic rings. The van der Waals surface area contributed by atoms with Crippen LogP contribution in [0.15, 0.2) is 78.9 Å². The summed E-state index contributed by atoms with van der Waals surface area (Å²) >= 11 is 5.98. The molecule has 1 fully saturated rings. The predicted octanol–water partition coefficient (Wildman–Crippen LogP) is 5.36. The Kier molecular flexibility index (Phi) is 8.75. The van der Waals surface area contributed by atoms with Crippen molar-refractivity contribution in [2.75, 3.05) is 20.2 Å². The number of aliphatic hydroxyl groups is 1. The van der Waals surface area contributed by atoms with Gasteiger partial charge in [-0.15, -0.1) is 0 Å². The van der Waals surface area contributed by atoms with Crippen molar-refractivity contribution in [3.05, 3.63) is 101 Å². The van der Waals surface area contributed by atoms with Gasteiger partial charge in [0.05, 0.1) is 18.8 Å². The van der Waals surface area contributed by atoms with Crippen molar-refractivity contribution >= 4 is 17.4 Å². The summed E-state index contributed by atoms with van der Waals surface area (Å²) in [5.41, 5.74) is 1.31. The van der Waals surface area contributed by atoms with Crippen molar-refractivity contribution in [2.24, 2.45) is 0 Å². The molecule has 5 nitrogen and oxygen atoms in total. The molecule has 2 unspecified atom stereocenters. The number of hydrogen-bond donors (Lipinski definition) is 2. The van der Waals surface area contributed by atoms with Gasteiger partial charge in [0.1, 0.15) is 5.75 Å². The first-order chi connectivity index (χ1) is 17.4. The highest BCUT2D eigenvalue weighted by Gasteiger charge is 2.37. The quantitative estimate of drug-likeness (QED) is 0.284. The number of likely N-dealkylation sites (tertiary alicyclic amines) is 1. The maximum atomic E-state index is 15.6. The first-order valence-corrected chi connectivity index (χ1v) is 12.6. The van der Waals surface area contributed by atoms with Gasteiger partial charge in [-0.25, -0.2) is 4.39 Å². The predicted molar refractivity (Wildman–Crippen MR) is 140 cm³/mol. The van der Waals surface area contributed by atoms with Gasteiger partial charge in [-0.2, -0.15) is 0 Å². The minimum Gasteiger partial charge on any atom is -0.497 e. The van der Waals surface area contributed by atoms with Crippen LogP contribution in [0, 0.1) is 0 Å². The van der Waals surface area contributed by atoms with Gasteiger partial charge in [0, 0.05) is 36.6 Å². The average Bonchev–Trinajstić information content (AvgIpc) is 2.92. The summed E-state index contributed by atoms with van der Waals surface area (Å²) in [5.74, 6) is 0.615. The van der Waals surface area contributed by atoms with E-state index < -0.39 is 17.9 Å². The lowest BCUT2D eigenvalue weighted by atomic mass is 9.84. The number of rotatable bonds is 10. The molecule has 0 aliphatic carbocycles. The molecule has 3 aromatic carbocycles. The number of halogens is 2. The van der Waals surface area contributed by atoms with Crippen molar-refractivity contribution < 1.29 is 19.0 Å². The Morgan fingerprint density at radius 1 is 1.06 bits per heavy atom.